The van der Waals surface area contributed by atoms with E-state index in [0.29, 0.717) is 19.6 Å². The van der Waals surface area contributed by atoms with E-state index >= 15 is 0 Å². The van der Waals surface area contributed by atoms with Crippen LogP contribution in [0, 0.1) is 20.8 Å². The van der Waals surface area contributed by atoms with Gasteiger partial charge in [0.05, 0.1) is 24.5 Å². The quantitative estimate of drug-likeness (QED) is 0.530. The Morgan fingerprint density at radius 1 is 1.12 bits per heavy atom. The van der Waals surface area contributed by atoms with Crippen molar-refractivity contribution < 1.29 is 9.32 Å². The van der Waals surface area contributed by atoms with Gasteiger partial charge in [0.15, 0.2) is 5.76 Å². The summed E-state index contributed by atoms with van der Waals surface area (Å²) in [5.41, 5.74) is 4.79. The molecule has 0 unspecified atom stereocenters. The Labute approximate surface area is 193 Å². The lowest BCUT2D eigenvalue weighted by Crippen LogP contribution is -2.47. The standard InChI is InChI=1S/C24H28ClN5O2/c1-17-14-21(32-27-17)16-28-10-12-29(13-11-28)24(31)9-8-22-18(2)26-30(19(22)3)15-20-6-4-5-7-23(20)25/h4-9,14H,10-13,15-16H2,1-3H3/b9-8+. The van der Waals surface area contributed by atoms with Gasteiger partial charge in [0.1, 0.15) is 0 Å². The van der Waals surface area contributed by atoms with Crippen LogP contribution < -0.4 is 0 Å². The smallest absolute Gasteiger partial charge is 0.246 e. The maximum Gasteiger partial charge on any atom is 0.246 e. The molecule has 0 saturated carbocycles. The van der Waals surface area contributed by atoms with Gasteiger partial charge >= 0.3 is 0 Å². The van der Waals surface area contributed by atoms with Crippen LogP contribution in [-0.2, 0) is 17.9 Å². The van der Waals surface area contributed by atoms with E-state index in [0.717, 1.165) is 58.6 Å². The zero-order valence-electron chi connectivity index (χ0n) is 18.7. The molecule has 1 aliphatic heterocycles. The lowest BCUT2D eigenvalue weighted by molar-refractivity contribution is -0.127. The number of benzene rings is 1. The van der Waals surface area contributed by atoms with Crippen LogP contribution in [0.15, 0.2) is 40.9 Å². The Bertz CT molecular complexity index is 1130. The van der Waals surface area contributed by atoms with Crippen LogP contribution in [0.5, 0.6) is 0 Å². The van der Waals surface area contributed by atoms with Crippen LogP contribution in [0.1, 0.15) is 34.0 Å². The zero-order chi connectivity index (χ0) is 22.7. The molecule has 0 N–H and O–H groups in total. The highest BCUT2D eigenvalue weighted by Crippen LogP contribution is 2.20. The Morgan fingerprint density at radius 3 is 2.56 bits per heavy atom. The molecule has 0 radical (unpaired) electrons. The second kappa shape index (κ2) is 9.71. The number of aromatic nitrogens is 3. The predicted molar refractivity (Wildman–Crippen MR) is 124 cm³/mol. The monoisotopic (exact) mass is 453 g/mol. The SMILES string of the molecule is Cc1cc(CN2CCN(C(=O)/C=C/c3c(C)nn(Cc4ccccc4Cl)c3C)CC2)on1. The van der Waals surface area contributed by atoms with E-state index in [1.54, 1.807) is 6.08 Å². The van der Waals surface area contributed by atoms with Gasteiger partial charge < -0.3 is 9.42 Å². The summed E-state index contributed by atoms with van der Waals surface area (Å²) < 4.78 is 7.23. The molecule has 3 heterocycles. The zero-order valence-corrected chi connectivity index (χ0v) is 19.5. The third-order valence-electron chi connectivity index (χ3n) is 5.85. The number of nitrogens with zero attached hydrogens (tertiary/aromatic N) is 5. The molecule has 1 saturated heterocycles. The molecular formula is C24H28ClN5O2. The van der Waals surface area contributed by atoms with Gasteiger partial charge in [-0.05, 0) is 38.5 Å². The summed E-state index contributed by atoms with van der Waals surface area (Å²) in [6.45, 7) is 10.2. The first-order chi connectivity index (χ1) is 15.4. The summed E-state index contributed by atoms with van der Waals surface area (Å²) in [5, 5.41) is 9.31. The molecule has 0 aliphatic carbocycles. The molecule has 1 aromatic carbocycles. The molecule has 4 rings (SSSR count). The second-order valence-electron chi connectivity index (χ2n) is 8.20. The van der Waals surface area contributed by atoms with Crippen LogP contribution in [0.4, 0.5) is 0 Å². The predicted octanol–water partition coefficient (Wildman–Crippen LogP) is 3.86. The molecular weight excluding hydrogens is 426 g/mol. The van der Waals surface area contributed by atoms with E-state index in [1.165, 1.54) is 0 Å². The van der Waals surface area contributed by atoms with Crippen molar-refractivity contribution in [3.8, 4) is 0 Å². The molecule has 0 bridgehead atoms. The van der Waals surface area contributed by atoms with E-state index < -0.39 is 0 Å². The third kappa shape index (κ3) is 5.11. The molecule has 3 aromatic rings. The highest BCUT2D eigenvalue weighted by atomic mass is 35.5. The van der Waals surface area contributed by atoms with Gasteiger partial charge in [0, 0.05) is 54.6 Å². The van der Waals surface area contributed by atoms with Crippen molar-refractivity contribution in [2.45, 2.75) is 33.9 Å². The summed E-state index contributed by atoms with van der Waals surface area (Å²) >= 11 is 6.30. The van der Waals surface area contributed by atoms with Crippen LogP contribution >= 0.6 is 11.6 Å². The van der Waals surface area contributed by atoms with Crippen molar-refractivity contribution in [1.82, 2.24) is 24.7 Å². The fourth-order valence-electron chi connectivity index (χ4n) is 3.99. The van der Waals surface area contributed by atoms with Crippen molar-refractivity contribution >= 4 is 23.6 Å². The number of hydrogen-bond donors (Lipinski definition) is 0. The first kappa shape index (κ1) is 22.3. The Hall–Kier alpha value is -2.90. The first-order valence-electron chi connectivity index (χ1n) is 10.8. The summed E-state index contributed by atoms with van der Waals surface area (Å²) in [4.78, 5) is 16.9. The molecule has 1 amide bonds. The molecule has 168 valence electrons. The minimum Gasteiger partial charge on any atom is -0.360 e. The average molecular weight is 454 g/mol. The first-order valence-corrected chi connectivity index (χ1v) is 11.2. The minimum atomic E-state index is 0.0258. The van der Waals surface area contributed by atoms with E-state index in [1.807, 2.05) is 66.8 Å². The fraction of sp³-hybridized carbons (Fsp3) is 0.375. The largest absolute Gasteiger partial charge is 0.360 e. The molecule has 32 heavy (non-hydrogen) atoms. The van der Waals surface area contributed by atoms with Gasteiger partial charge in [0.25, 0.3) is 0 Å². The highest BCUT2D eigenvalue weighted by molar-refractivity contribution is 6.31. The number of amides is 1. The van der Waals surface area contributed by atoms with Gasteiger partial charge in [-0.1, -0.05) is 35.0 Å². The van der Waals surface area contributed by atoms with Crippen LogP contribution in [0.25, 0.3) is 6.08 Å². The topological polar surface area (TPSA) is 67.4 Å². The molecule has 2 aromatic heterocycles. The lowest BCUT2D eigenvalue weighted by Gasteiger charge is -2.33. The number of rotatable bonds is 6. The minimum absolute atomic E-state index is 0.0258. The Morgan fingerprint density at radius 2 is 1.88 bits per heavy atom. The van der Waals surface area contributed by atoms with E-state index in [-0.39, 0.29) is 5.91 Å². The second-order valence-corrected chi connectivity index (χ2v) is 8.61. The molecule has 7 nitrogen and oxygen atoms in total. The molecule has 1 aliphatic rings. The van der Waals surface area contributed by atoms with Gasteiger partial charge in [-0.25, -0.2) is 0 Å². The van der Waals surface area contributed by atoms with Crippen molar-refractivity contribution in [3.05, 3.63) is 75.4 Å². The van der Waals surface area contributed by atoms with Crippen LogP contribution in [-0.4, -0.2) is 56.8 Å². The van der Waals surface area contributed by atoms with Gasteiger partial charge in [-0.15, -0.1) is 0 Å². The van der Waals surface area contributed by atoms with E-state index in [2.05, 4.69) is 15.2 Å². The Balaban J connectivity index is 1.35. The molecule has 8 heteroatoms. The number of carbonyl (C=O) groups excluding carboxylic acids is 1. The van der Waals surface area contributed by atoms with Crippen molar-refractivity contribution in [3.63, 3.8) is 0 Å². The maximum absolute atomic E-state index is 12.8. The molecule has 0 atom stereocenters. The van der Waals surface area contributed by atoms with Gasteiger partial charge in [0.2, 0.25) is 5.91 Å². The normalized spacial score (nSPS) is 15.1. The van der Waals surface area contributed by atoms with Crippen molar-refractivity contribution in [1.29, 1.82) is 0 Å². The number of halogens is 1. The third-order valence-corrected chi connectivity index (χ3v) is 6.22. The molecule has 1 fully saturated rings. The average Bonchev–Trinajstić information content (AvgIpc) is 3.30. The number of hydrogen-bond acceptors (Lipinski definition) is 5. The van der Waals surface area contributed by atoms with Crippen molar-refractivity contribution in [2.24, 2.45) is 0 Å². The highest BCUT2D eigenvalue weighted by Gasteiger charge is 2.21. The summed E-state index contributed by atoms with van der Waals surface area (Å²) in [6, 6.07) is 9.73. The van der Waals surface area contributed by atoms with Crippen molar-refractivity contribution in [2.75, 3.05) is 26.2 Å². The Kier molecular flexibility index (Phi) is 6.77. The summed E-state index contributed by atoms with van der Waals surface area (Å²) in [6.07, 6.45) is 3.54. The van der Waals surface area contributed by atoms with E-state index in [4.69, 9.17) is 16.1 Å². The van der Waals surface area contributed by atoms with Crippen LogP contribution in [0.3, 0.4) is 0 Å². The number of carbonyl (C=O) groups is 1. The van der Waals surface area contributed by atoms with Crippen LogP contribution in [0.2, 0.25) is 5.02 Å². The maximum atomic E-state index is 12.8. The lowest BCUT2D eigenvalue weighted by atomic mass is 10.1. The number of aryl methyl sites for hydroxylation is 2. The van der Waals surface area contributed by atoms with Gasteiger partial charge in [-0.3, -0.25) is 14.4 Å². The fourth-order valence-corrected chi connectivity index (χ4v) is 4.19. The summed E-state index contributed by atoms with van der Waals surface area (Å²) in [7, 11) is 0. The number of piperazine rings is 1. The van der Waals surface area contributed by atoms with E-state index in [9.17, 15) is 4.79 Å². The molecule has 0 spiro atoms. The van der Waals surface area contributed by atoms with Gasteiger partial charge in [-0.2, -0.15) is 5.10 Å². The summed E-state index contributed by atoms with van der Waals surface area (Å²) in [5.74, 6) is 0.889.